The van der Waals surface area contributed by atoms with Crippen LogP contribution in [-0.4, -0.2) is 22.5 Å². The van der Waals surface area contributed by atoms with Gasteiger partial charge in [0, 0.05) is 17.0 Å². The van der Waals surface area contributed by atoms with Crippen molar-refractivity contribution >= 4 is 17.6 Å². The predicted molar refractivity (Wildman–Crippen MR) is 74.8 cm³/mol. The standard InChI is InChI=1S/C14H20N2S/c1-17-14(8-3-9-14)10-15-13-7-6-11-4-2-5-12(11)16-13/h6-7H,2-5,8-10H2,1H3,(H,15,16). The van der Waals surface area contributed by atoms with E-state index >= 15 is 0 Å². The topological polar surface area (TPSA) is 24.9 Å². The molecule has 0 aromatic carbocycles. The number of hydrogen-bond donors (Lipinski definition) is 1. The first-order valence-corrected chi connectivity index (χ1v) is 7.82. The average Bonchev–Trinajstić information content (AvgIpc) is 2.75. The maximum atomic E-state index is 4.73. The minimum Gasteiger partial charge on any atom is -0.369 e. The number of pyridine rings is 1. The molecule has 0 bridgehead atoms. The average molecular weight is 248 g/mol. The molecule has 0 saturated heterocycles. The van der Waals surface area contributed by atoms with E-state index in [-0.39, 0.29) is 0 Å². The molecule has 0 atom stereocenters. The van der Waals surface area contributed by atoms with Crippen molar-refractivity contribution in [2.45, 2.75) is 43.3 Å². The number of nitrogens with one attached hydrogen (secondary N) is 1. The van der Waals surface area contributed by atoms with Crippen molar-refractivity contribution in [1.29, 1.82) is 0 Å². The second-order valence-electron chi connectivity index (χ2n) is 5.25. The number of hydrogen-bond acceptors (Lipinski definition) is 3. The Morgan fingerprint density at radius 1 is 1.29 bits per heavy atom. The summed E-state index contributed by atoms with van der Waals surface area (Å²) in [4.78, 5) is 4.73. The molecular formula is C14H20N2S. The van der Waals surface area contributed by atoms with E-state index in [1.54, 1.807) is 0 Å². The number of nitrogens with zero attached hydrogens (tertiary/aromatic N) is 1. The van der Waals surface area contributed by atoms with Gasteiger partial charge in [-0.1, -0.05) is 12.5 Å². The van der Waals surface area contributed by atoms with Crippen LogP contribution in [0.15, 0.2) is 12.1 Å². The summed E-state index contributed by atoms with van der Waals surface area (Å²) >= 11 is 2.01. The summed E-state index contributed by atoms with van der Waals surface area (Å²) in [7, 11) is 0. The minimum atomic E-state index is 0.487. The summed E-state index contributed by atoms with van der Waals surface area (Å²) < 4.78 is 0.487. The molecule has 17 heavy (non-hydrogen) atoms. The fourth-order valence-electron chi connectivity index (χ4n) is 2.79. The van der Waals surface area contributed by atoms with Crippen molar-refractivity contribution in [3.05, 3.63) is 23.4 Å². The zero-order valence-electron chi connectivity index (χ0n) is 10.5. The van der Waals surface area contributed by atoms with Crippen molar-refractivity contribution in [1.82, 2.24) is 4.98 Å². The van der Waals surface area contributed by atoms with Crippen LogP contribution in [-0.2, 0) is 12.8 Å². The Morgan fingerprint density at radius 2 is 2.18 bits per heavy atom. The van der Waals surface area contributed by atoms with E-state index in [2.05, 4.69) is 23.7 Å². The largest absolute Gasteiger partial charge is 0.369 e. The fraction of sp³-hybridized carbons (Fsp3) is 0.643. The zero-order chi connectivity index (χ0) is 11.7. The van der Waals surface area contributed by atoms with E-state index < -0.39 is 0 Å². The molecule has 2 aliphatic rings. The highest BCUT2D eigenvalue weighted by Gasteiger charge is 2.35. The number of aromatic nitrogens is 1. The molecule has 1 aromatic rings. The second kappa shape index (κ2) is 4.52. The van der Waals surface area contributed by atoms with E-state index in [4.69, 9.17) is 4.98 Å². The van der Waals surface area contributed by atoms with Crippen LogP contribution < -0.4 is 5.32 Å². The number of thioether (sulfide) groups is 1. The normalized spacial score (nSPS) is 20.8. The van der Waals surface area contributed by atoms with Gasteiger partial charge in [-0.2, -0.15) is 11.8 Å². The molecule has 1 fully saturated rings. The third-order valence-corrected chi connectivity index (χ3v) is 5.64. The first-order chi connectivity index (χ1) is 8.31. The zero-order valence-corrected chi connectivity index (χ0v) is 11.3. The van der Waals surface area contributed by atoms with Crippen molar-refractivity contribution < 1.29 is 0 Å². The maximum Gasteiger partial charge on any atom is 0.126 e. The third kappa shape index (κ3) is 2.17. The van der Waals surface area contributed by atoms with Gasteiger partial charge in [0.2, 0.25) is 0 Å². The van der Waals surface area contributed by atoms with Crippen LogP contribution in [0, 0.1) is 0 Å². The fourth-order valence-corrected chi connectivity index (χ4v) is 3.71. The number of rotatable bonds is 4. The van der Waals surface area contributed by atoms with Gasteiger partial charge in [-0.15, -0.1) is 0 Å². The van der Waals surface area contributed by atoms with Gasteiger partial charge < -0.3 is 5.32 Å². The van der Waals surface area contributed by atoms with Crippen LogP contribution in [0.1, 0.15) is 36.9 Å². The van der Waals surface area contributed by atoms with Gasteiger partial charge in [-0.3, -0.25) is 0 Å². The summed E-state index contributed by atoms with van der Waals surface area (Å²) in [6.45, 7) is 1.07. The molecule has 0 spiro atoms. The second-order valence-corrected chi connectivity index (χ2v) is 6.52. The van der Waals surface area contributed by atoms with Crippen molar-refractivity contribution in [3.8, 4) is 0 Å². The van der Waals surface area contributed by atoms with Gasteiger partial charge >= 0.3 is 0 Å². The Balaban J connectivity index is 1.65. The van der Waals surface area contributed by atoms with Crippen LogP contribution in [0.2, 0.25) is 0 Å². The molecule has 1 heterocycles. The van der Waals surface area contributed by atoms with Gasteiger partial charge in [-0.05, 0) is 50.0 Å². The molecule has 0 aliphatic heterocycles. The quantitative estimate of drug-likeness (QED) is 0.885. The number of fused-ring (bicyclic) bond motifs is 1. The Bertz CT molecular complexity index is 407. The lowest BCUT2D eigenvalue weighted by Crippen LogP contribution is -2.40. The third-order valence-electron chi connectivity index (χ3n) is 4.22. The first kappa shape index (κ1) is 11.4. The molecule has 2 aliphatic carbocycles. The smallest absolute Gasteiger partial charge is 0.126 e. The van der Waals surface area contributed by atoms with Gasteiger partial charge in [0.15, 0.2) is 0 Å². The van der Waals surface area contributed by atoms with E-state index in [1.165, 1.54) is 49.8 Å². The SMILES string of the molecule is CSC1(CNc2ccc3c(n2)CCC3)CCC1. The molecule has 1 saturated carbocycles. The Kier molecular flexibility index (Phi) is 3.03. The molecule has 1 N–H and O–H groups in total. The number of anilines is 1. The van der Waals surface area contributed by atoms with Gasteiger partial charge in [0.1, 0.15) is 5.82 Å². The molecule has 2 nitrogen and oxygen atoms in total. The van der Waals surface area contributed by atoms with E-state index in [9.17, 15) is 0 Å². The Morgan fingerprint density at radius 3 is 2.88 bits per heavy atom. The highest BCUT2D eigenvalue weighted by molar-refractivity contribution is 8.00. The highest BCUT2D eigenvalue weighted by atomic mass is 32.2. The minimum absolute atomic E-state index is 0.487. The van der Waals surface area contributed by atoms with Crippen LogP contribution in [0.4, 0.5) is 5.82 Å². The van der Waals surface area contributed by atoms with E-state index in [0.29, 0.717) is 4.75 Å². The van der Waals surface area contributed by atoms with Gasteiger partial charge in [0.25, 0.3) is 0 Å². The molecule has 3 heteroatoms. The monoisotopic (exact) mass is 248 g/mol. The summed E-state index contributed by atoms with van der Waals surface area (Å²) in [5.74, 6) is 1.07. The summed E-state index contributed by atoms with van der Waals surface area (Å²) in [5, 5.41) is 3.54. The lowest BCUT2D eigenvalue weighted by atomic mass is 9.84. The Labute approximate surface area is 108 Å². The molecule has 3 rings (SSSR count). The lowest BCUT2D eigenvalue weighted by molar-refractivity contribution is 0.379. The summed E-state index contributed by atoms with van der Waals surface area (Å²) in [6, 6.07) is 4.40. The summed E-state index contributed by atoms with van der Waals surface area (Å²) in [6.07, 6.45) is 9.99. The first-order valence-electron chi connectivity index (χ1n) is 6.59. The highest BCUT2D eigenvalue weighted by Crippen LogP contribution is 2.42. The van der Waals surface area contributed by atoms with E-state index in [0.717, 1.165) is 12.4 Å². The maximum absolute atomic E-state index is 4.73. The molecule has 0 radical (unpaired) electrons. The van der Waals surface area contributed by atoms with Crippen LogP contribution >= 0.6 is 11.8 Å². The Hall–Kier alpha value is -0.700. The van der Waals surface area contributed by atoms with Gasteiger partial charge in [-0.25, -0.2) is 4.98 Å². The molecular weight excluding hydrogens is 228 g/mol. The van der Waals surface area contributed by atoms with Crippen LogP contribution in [0.3, 0.4) is 0 Å². The lowest BCUT2D eigenvalue weighted by Gasteiger charge is -2.40. The van der Waals surface area contributed by atoms with Crippen molar-refractivity contribution in [3.63, 3.8) is 0 Å². The van der Waals surface area contributed by atoms with Crippen molar-refractivity contribution in [2.75, 3.05) is 18.1 Å². The van der Waals surface area contributed by atoms with E-state index in [1.807, 2.05) is 11.8 Å². The molecule has 92 valence electrons. The van der Waals surface area contributed by atoms with Crippen LogP contribution in [0.25, 0.3) is 0 Å². The predicted octanol–water partition coefficient (Wildman–Crippen LogP) is 3.27. The van der Waals surface area contributed by atoms with Crippen LogP contribution in [0.5, 0.6) is 0 Å². The van der Waals surface area contributed by atoms with Gasteiger partial charge in [0.05, 0.1) is 0 Å². The number of aryl methyl sites for hydroxylation is 2. The summed E-state index contributed by atoms with van der Waals surface area (Å²) in [5.41, 5.74) is 2.78. The molecule has 0 unspecified atom stereocenters. The molecule has 1 aromatic heterocycles. The molecule has 0 amide bonds. The van der Waals surface area contributed by atoms with Crippen molar-refractivity contribution in [2.24, 2.45) is 0 Å².